The number of ether oxygens (including phenoxy) is 1. The van der Waals surface area contributed by atoms with Crippen LogP contribution in [0.25, 0.3) is 5.69 Å². The summed E-state index contributed by atoms with van der Waals surface area (Å²) >= 11 is 0. The fraction of sp³-hybridized carbons (Fsp3) is 0.214. The van der Waals surface area contributed by atoms with Gasteiger partial charge in [0.1, 0.15) is 0 Å². The number of carbonyl (C=O) groups excluding carboxylic acids is 2. The molecule has 20 heavy (non-hydrogen) atoms. The van der Waals surface area contributed by atoms with Crippen molar-refractivity contribution < 1.29 is 14.3 Å². The molecule has 0 saturated heterocycles. The van der Waals surface area contributed by atoms with Crippen LogP contribution < -0.4 is 5.73 Å². The summed E-state index contributed by atoms with van der Waals surface area (Å²) in [6.07, 6.45) is 2.45. The minimum Gasteiger partial charge on any atom is -0.452 e. The Bertz CT molecular complexity index is 607. The Morgan fingerprint density at radius 1 is 1.35 bits per heavy atom. The molecule has 2 rings (SSSR count). The van der Waals surface area contributed by atoms with Crippen molar-refractivity contribution in [1.29, 1.82) is 0 Å². The molecule has 1 atom stereocenters. The Hall–Kier alpha value is -2.63. The maximum atomic E-state index is 11.6. The molecule has 0 aliphatic heterocycles. The first kappa shape index (κ1) is 13.8. The third-order valence-electron chi connectivity index (χ3n) is 2.71. The molecule has 0 radical (unpaired) electrons. The van der Waals surface area contributed by atoms with Crippen LogP contribution in [0.3, 0.4) is 0 Å². The highest BCUT2D eigenvalue weighted by Crippen LogP contribution is 2.08. The van der Waals surface area contributed by atoms with Crippen LogP contribution in [0, 0.1) is 0 Å². The van der Waals surface area contributed by atoms with E-state index in [2.05, 4.69) is 5.10 Å². The predicted octanol–water partition coefficient (Wildman–Crippen LogP) is 0.832. The topological polar surface area (TPSA) is 87.2 Å². The van der Waals surface area contributed by atoms with E-state index in [0.29, 0.717) is 5.56 Å². The zero-order valence-corrected chi connectivity index (χ0v) is 11.0. The van der Waals surface area contributed by atoms with Crippen molar-refractivity contribution in [2.45, 2.75) is 19.4 Å². The Kier molecular flexibility index (Phi) is 4.14. The van der Waals surface area contributed by atoms with E-state index in [4.69, 9.17) is 10.5 Å². The monoisotopic (exact) mass is 273 g/mol. The van der Waals surface area contributed by atoms with Gasteiger partial charge in [0.2, 0.25) is 0 Å². The van der Waals surface area contributed by atoms with Crippen LogP contribution in [0.4, 0.5) is 0 Å². The fourth-order valence-electron chi connectivity index (χ4n) is 1.64. The third kappa shape index (κ3) is 3.44. The quantitative estimate of drug-likeness (QED) is 0.817. The van der Waals surface area contributed by atoms with Gasteiger partial charge in [-0.05, 0) is 19.1 Å². The number of nitrogens with two attached hydrogens (primary N) is 1. The zero-order chi connectivity index (χ0) is 14.5. The van der Waals surface area contributed by atoms with E-state index in [1.54, 1.807) is 17.1 Å². The van der Waals surface area contributed by atoms with Gasteiger partial charge in [0, 0.05) is 11.8 Å². The molecule has 0 unspecified atom stereocenters. The number of aromatic nitrogens is 2. The second kappa shape index (κ2) is 6.01. The van der Waals surface area contributed by atoms with Crippen molar-refractivity contribution >= 4 is 11.9 Å². The van der Waals surface area contributed by atoms with Gasteiger partial charge in [0.05, 0.1) is 18.3 Å². The number of benzene rings is 1. The van der Waals surface area contributed by atoms with Crippen molar-refractivity contribution in [2.75, 3.05) is 0 Å². The summed E-state index contributed by atoms with van der Waals surface area (Å²) in [6.45, 7) is 1.44. The largest absolute Gasteiger partial charge is 0.452 e. The van der Waals surface area contributed by atoms with Gasteiger partial charge in [-0.25, -0.2) is 4.68 Å². The molecule has 6 heteroatoms. The SMILES string of the molecule is C[C@H](OC(=O)Cc1cnn(-c2ccccc2)c1)C(N)=O. The first-order valence-corrected chi connectivity index (χ1v) is 6.14. The molecule has 2 aromatic rings. The molecule has 0 spiro atoms. The fourth-order valence-corrected chi connectivity index (χ4v) is 1.64. The summed E-state index contributed by atoms with van der Waals surface area (Å²) in [5.41, 5.74) is 6.63. The number of esters is 1. The van der Waals surface area contributed by atoms with Crippen LogP contribution in [0.2, 0.25) is 0 Å². The lowest BCUT2D eigenvalue weighted by molar-refractivity contribution is -0.153. The maximum Gasteiger partial charge on any atom is 0.311 e. The average molecular weight is 273 g/mol. The van der Waals surface area contributed by atoms with Gasteiger partial charge in [-0.1, -0.05) is 18.2 Å². The highest BCUT2D eigenvalue weighted by atomic mass is 16.5. The van der Waals surface area contributed by atoms with Crippen LogP contribution in [-0.4, -0.2) is 27.8 Å². The van der Waals surface area contributed by atoms with E-state index in [-0.39, 0.29) is 6.42 Å². The van der Waals surface area contributed by atoms with Crippen LogP contribution >= 0.6 is 0 Å². The Morgan fingerprint density at radius 3 is 2.70 bits per heavy atom. The van der Waals surface area contributed by atoms with Gasteiger partial charge in [-0.3, -0.25) is 9.59 Å². The van der Waals surface area contributed by atoms with Crippen molar-refractivity contribution in [1.82, 2.24) is 9.78 Å². The van der Waals surface area contributed by atoms with Crippen LogP contribution in [0.15, 0.2) is 42.7 Å². The summed E-state index contributed by atoms with van der Waals surface area (Å²) in [6, 6.07) is 9.53. The Labute approximate surface area is 116 Å². The lowest BCUT2D eigenvalue weighted by atomic mass is 10.2. The number of amides is 1. The number of rotatable bonds is 5. The number of carbonyl (C=O) groups is 2. The number of primary amides is 1. The molecule has 1 amide bonds. The molecule has 1 aromatic carbocycles. The molecule has 104 valence electrons. The smallest absolute Gasteiger partial charge is 0.311 e. The van der Waals surface area contributed by atoms with E-state index in [9.17, 15) is 9.59 Å². The van der Waals surface area contributed by atoms with Crippen molar-refractivity contribution in [3.63, 3.8) is 0 Å². The minimum atomic E-state index is -0.924. The number of hydrogen-bond donors (Lipinski definition) is 1. The van der Waals surface area contributed by atoms with Crippen LogP contribution in [0.5, 0.6) is 0 Å². The van der Waals surface area contributed by atoms with Gasteiger partial charge >= 0.3 is 5.97 Å². The van der Waals surface area contributed by atoms with Gasteiger partial charge in [0.15, 0.2) is 6.10 Å². The molecule has 1 heterocycles. The van der Waals surface area contributed by atoms with E-state index in [1.165, 1.54) is 6.92 Å². The van der Waals surface area contributed by atoms with Crippen molar-refractivity contribution in [2.24, 2.45) is 5.73 Å². The second-order valence-electron chi connectivity index (χ2n) is 4.34. The first-order chi connectivity index (χ1) is 9.56. The zero-order valence-electron chi connectivity index (χ0n) is 11.0. The summed E-state index contributed by atoms with van der Waals surface area (Å²) in [5.74, 6) is -1.18. The minimum absolute atomic E-state index is 0.0461. The lowest BCUT2D eigenvalue weighted by Crippen LogP contribution is -2.30. The van der Waals surface area contributed by atoms with Gasteiger partial charge in [0.25, 0.3) is 5.91 Å². The standard InChI is InChI=1S/C14H15N3O3/c1-10(14(15)19)20-13(18)7-11-8-16-17(9-11)12-5-3-2-4-6-12/h2-6,8-10H,7H2,1H3,(H2,15,19)/t10-/m0/s1. The molecule has 0 aliphatic carbocycles. The second-order valence-corrected chi connectivity index (χ2v) is 4.34. The van der Waals surface area contributed by atoms with Crippen LogP contribution in [-0.2, 0) is 20.7 Å². The molecule has 6 nitrogen and oxygen atoms in total. The van der Waals surface area contributed by atoms with E-state index < -0.39 is 18.0 Å². The molecule has 0 fully saturated rings. The normalized spacial score (nSPS) is 11.8. The summed E-state index contributed by atoms with van der Waals surface area (Å²) in [5, 5.41) is 4.17. The Balaban J connectivity index is 2.00. The van der Waals surface area contributed by atoms with Gasteiger partial charge in [-0.2, -0.15) is 5.10 Å². The summed E-state index contributed by atoms with van der Waals surface area (Å²) in [7, 11) is 0. The molecule has 0 bridgehead atoms. The Morgan fingerprint density at radius 2 is 2.05 bits per heavy atom. The van der Waals surface area contributed by atoms with Crippen LogP contribution in [0.1, 0.15) is 12.5 Å². The number of hydrogen-bond acceptors (Lipinski definition) is 4. The number of para-hydroxylation sites is 1. The lowest BCUT2D eigenvalue weighted by Gasteiger charge is -2.08. The highest BCUT2D eigenvalue weighted by Gasteiger charge is 2.15. The molecule has 2 N–H and O–H groups in total. The summed E-state index contributed by atoms with van der Waals surface area (Å²) < 4.78 is 6.55. The van der Waals surface area contributed by atoms with E-state index in [0.717, 1.165) is 5.69 Å². The molecule has 0 aliphatic rings. The highest BCUT2D eigenvalue weighted by molar-refractivity contribution is 5.82. The molecular weight excluding hydrogens is 258 g/mol. The molecular formula is C14H15N3O3. The maximum absolute atomic E-state index is 11.6. The summed E-state index contributed by atoms with van der Waals surface area (Å²) in [4.78, 5) is 22.4. The third-order valence-corrected chi connectivity index (χ3v) is 2.71. The van der Waals surface area contributed by atoms with Crippen molar-refractivity contribution in [3.8, 4) is 5.69 Å². The predicted molar refractivity (Wildman–Crippen MR) is 72.0 cm³/mol. The van der Waals surface area contributed by atoms with E-state index >= 15 is 0 Å². The van der Waals surface area contributed by atoms with Crippen molar-refractivity contribution in [3.05, 3.63) is 48.3 Å². The van der Waals surface area contributed by atoms with E-state index in [1.807, 2.05) is 30.3 Å². The average Bonchev–Trinajstić information content (AvgIpc) is 2.88. The number of nitrogens with zero attached hydrogens (tertiary/aromatic N) is 2. The molecule has 1 aromatic heterocycles. The van der Waals surface area contributed by atoms with Gasteiger partial charge in [-0.15, -0.1) is 0 Å². The first-order valence-electron chi connectivity index (χ1n) is 6.14. The van der Waals surface area contributed by atoms with Gasteiger partial charge < -0.3 is 10.5 Å². The molecule has 0 saturated carbocycles.